The Morgan fingerprint density at radius 2 is 2.11 bits per heavy atom. The number of alkyl halides is 1. The Bertz CT molecular complexity index is 361. The number of nitrogens with zero attached hydrogens (tertiary/aromatic N) is 2. The first-order chi connectivity index (χ1) is 8.78. The van der Waals surface area contributed by atoms with E-state index < -0.39 is 0 Å². The standard InChI is InChI=1S/C13H22ClN3S/c1-2-6-11-16-12(18-17-11)15-10-13(9-14)7-4-3-5-8-13/h2-10H2,1H3,(H,15,16,17). The highest BCUT2D eigenvalue weighted by Gasteiger charge is 2.31. The van der Waals surface area contributed by atoms with Gasteiger partial charge in [0.25, 0.3) is 0 Å². The zero-order valence-corrected chi connectivity index (χ0v) is 12.6. The number of anilines is 1. The molecule has 0 bridgehead atoms. The van der Waals surface area contributed by atoms with E-state index in [1.807, 2.05) is 0 Å². The van der Waals surface area contributed by atoms with Crippen molar-refractivity contribution in [3.8, 4) is 0 Å². The summed E-state index contributed by atoms with van der Waals surface area (Å²) < 4.78 is 4.35. The smallest absolute Gasteiger partial charge is 0.202 e. The van der Waals surface area contributed by atoms with Gasteiger partial charge in [-0.1, -0.05) is 26.2 Å². The lowest BCUT2D eigenvalue weighted by Crippen LogP contribution is -2.33. The van der Waals surface area contributed by atoms with Crippen LogP contribution in [0.4, 0.5) is 5.13 Å². The molecule has 0 unspecified atom stereocenters. The van der Waals surface area contributed by atoms with Crippen LogP contribution in [0.25, 0.3) is 0 Å². The molecule has 1 fully saturated rings. The van der Waals surface area contributed by atoms with Crippen LogP contribution in [0.5, 0.6) is 0 Å². The van der Waals surface area contributed by atoms with Gasteiger partial charge in [0.05, 0.1) is 0 Å². The van der Waals surface area contributed by atoms with Gasteiger partial charge < -0.3 is 5.32 Å². The second-order valence-corrected chi connectivity index (χ2v) is 6.33. The van der Waals surface area contributed by atoms with E-state index in [1.165, 1.54) is 43.6 Å². The number of aromatic nitrogens is 2. The summed E-state index contributed by atoms with van der Waals surface area (Å²) in [5.41, 5.74) is 0.274. The van der Waals surface area contributed by atoms with Crippen LogP contribution in [0.15, 0.2) is 0 Å². The topological polar surface area (TPSA) is 37.8 Å². The Balaban J connectivity index is 1.88. The minimum Gasteiger partial charge on any atom is -0.360 e. The number of hydrogen-bond donors (Lipinski definition) is 1. The van der Waals surface area contributed by atoms with Crippen molar-refractivity contribution in [2.45, 2.75) is 51.9 Å². The molecule has 1 N–H and O–H groups in total. The molecule has 18 heavy (non-hydrogen) atoms. The maximum absolute atomic E-state index is 6.19. The first kappa shape index (κ1) is 14.1. The second-order valence-electron chi connectivity index (χ2n) is 5.31. The molecular weight excluding hydrogens is 266 g/mol. The van der Waals surface area contributed by atoms with E-state index in [4.69, 9.17) is 11.6 Å². The van der Waals surface area contributed by atoms with Crippen LogP contribution in [0.3, 0.4) is 0 Å². The zero-order chi connectivity index (χ0) is 12.8. The predicted octanol–water partition coefficient (Wildman–Crippen LogP) is 4.09. The van der Waals surface area contributed by atoms with E-state index in [1.54, 1.807) is 0 Å². The lowest BCUT2D eigenvalue weighted by Gasteiger charge is -2.35. The van der Waals surface area contributed by atoms with Gasteiger partial charge in [-0.3, -0.25) is 0 Å². The molecule has 1 aliphatic carbocycles. The highest BCUT2D eigenvalue weighted by molar-refractivity contribution is 7.09. The monoisotopic (exact) mass is 287 g/mol. The predicted molar refractivity (Wildman–Crippen MR) is 78.6 cm³/mol. The summed E-state index contributed by atoms with van der Waals surface area (Å²) in [6.07, 6.45) is 8.53. The van der Waals surface area contributed by atoms with Crippen LogP contribution < -0.4 is 5.32 Å². The van der Waals surface area contributed by atoms with Gasteiger partial charge in [0.1, 0.15) is 5.82 Å². The fourth-order valence-electron chi connectivity index (χ4n) is 2.57. The molecule has 0 spiro atoms. The molecule has 1 aromatic heterocycles. The Morgan fingerprint density at radius 1 is 1.33 bits per heavy atom. The van der Waals surface area contributed by atoms with E-state index in [-0.39, 0.29) is 5.41 Å². The Morgan fingerprint density at radius 3 is 2.78 bits per heavy atom. The van der Waals surface area contributed by atoms with Crippen LogP contribution >= 0.6 is 23.1 Å². The minimum atomic E-state index is 0.274. The van der Waals surface area contributed by atoms with Crippen LogP contribution in [-0.4, -0.2) is 21.8 Å². The number of hydrogen-bond acceptors (Lipinski definition) is 4. The average molecular weight is 288 g/mol. The van der Waals surface area contributed by atoms with Crippen LogP contribution in [0.2, 0.25) is 0 Å². The van der Waals surface area contributed by atoms with Crippen molar-refractivity contribution >= 4 is 28.3 Å². The quantitative estimate of drug-likeness (QED) is 0.801. The lowest BCUT2D eigenvalue weighted by atomic mass is 9.75. The van der Waals surface area contributed by atoms with Crippen LogP contribution in [0.1, 0.15) is 51.3 Å². The molecule has 1 aliphatic rings. The fourth-order valence-corrected chi connectivity index (χ4v) is 3.54. The van der Waals surface area contributed by atoms with Crippen molar-refractivity contribution in [2.24, 2.45) is 5.41 Å². The maximum Gasteiger partial charge on any atom is 0.202 e. The molecule has 102 valence electrons. The highest BCUT2D eigenvalue weighted by Crippen LogP contribution is 2.37. The number of rotatable bonds is 6. The summed E-state index contributed by atoms with van der Waals surface area (Å²) in [5, 5.41) is 4.40. The Kier molecular flexibility index (Phi) is 5.25. The fraction of sp³-hybridized carbons (Fsp3) is 0.846. The van der Waals surface area contributed by atoms with Gasteiger partial charge in [0.2, 0.25) is 5.13 Å². The van der Waals surface area contributed by atoms with E-state index >= 15 is 0 Å². The number of halogens is 1. The average Bonchev–Trinajstić information content (AvgIpc) is 2.86. The van der Waals surface area contributed by atoms with Gasteiger partial charge in [-0.25, -0.2) is 4.98 Å². The maximum atomic E-state index is 6.19. The van der Waals surface area contributed by atoms with Crippen LogP contribution in [-0.2, 0) is 6.42 Å². The van der Waals surface area contributed by atoms with Crippen molar-refractivity contribution in [3.05, 3.63) is 5.82 Å². The van der Waals surface area contributed by atoms with E-state index in [0.29, 0.717) is 0 Å². The minimum absolute atomic E-state index is 0.274. The molecular formula is C13H22ClN3S. The second kappa shape index (κ2) is 6.71. The van der Waals surface area contributed by atoms with Gasteiger partial charge in [0, 0.05) is 35.8 Å². The molecule has 0 amide bonds. The number of aryl methyl sites for hydroxylation is 1. The van der Waals surface area contributed by atoms with E-state index in [9.17, 15) is 0 Å². The molecule has 0 saturated heterocycles. The zero-order valence-electron chi connectivity index (χ0n) is 11.0. The third kappa shape index (κ3) is 3.58. The third-order valence-corrected chi connectivity index (χ3v) is 5.03. The highest BCUT2D eigenvalue weighted by atomic mass is 35.5. The molecule has 1 aromatic rings. The van der Waals surface area contributed by atoms with Gasteiger partial charge >= 0.3 is 0 Å². The van der Waals surface area contributed by atoms with Crippen LogP contribution in [0, 0.1) is 5.41 Å². The first-order valence-corrected chi connectivity index (χ1v) is 8.21. The van der Waals surface area contributed by atoms with Crippen molar-refractivity contribution < 1.29 is 0 Å². The molecule has 3 nitrogen and oxygen atoms in total. The molecule has 5 heteroatoms. The lowest BCUT2D eigenvalue weighted by molar-refractivity contribution is 0.238. The molecule has 0 radical (unpaired) electrons. The SMILES string of the molecule is CCCc1nsc(NCC2(CCl)CCCCC2)n1. The molecule has 0 atom stereocenters. The molecule has 1 saturated carbocycles. The molecule has 0 aliphatic heterocycles. The summed E-state index contributed by atoms with van der Waals surface area (Å²) in [5.74, 6) is 1.72. The summed E-state index contributed by atoms with van der Waals surface area (Å²) in [4.78, 5) is 4.50. The molecule has 0 aromatic carbocycles. The summed E-state index contributed by atoms with van der Waals surface area (Å²) in [7, 11) is 0. The molecule has 1 heterocycles. The summed E-state index contributed by atoms with van der Waals surface area (Å²) in [6.45, 7) is 3.09. The van der Waals surface area contributed by atoms with Gasteiger partial charge in [-0.05, 0) is 19.3 Å². The van der Waals surface area contributed by atoms with Crippen molar-refractivity contribution in [3.63, 3.8) is 0 Å². The van der Waals surface area contributed by atoms with E-state index in [0.717, 1.165) is 36.2 Å². The number of nitrogens with one attached hydrogen (secondary N) is 1. The van der Waals surface area contributed by atoms with Gasteiger partial charge in [-0.2, -0.15) is 4.37 Å². The van der Waals surface area contributed by atoms with Gasteiger partial charge in [-0.15, -0.1) is 11.6 Å². The van der Waals surface area contributed by atoms with Gasteiger partial charge in [0.15, 0.2) is 0 Å². The van der Waals surface area contributed by atoms with Crippen molar-refractivity contribution in [1.29, 1.82) is 0 Å². The summed E-state index contributed by atoms with van der Waals surface area (Å²) in [6, 6.07) is 0. The molecule has 2 rings (SSSR count). The van der Waals surface area contributed by atoms with Crippen molar-refractivity contribution in [2.75, 3.05) is 17.7 Å². The largest absolute Gasteiger partial charge is 0.360 e. The summed E-state index contributed by atoms with van der Waals surface area (Å²) >= 11 is 7.66. The third-order valence-electron chi connectivity index (χ3n) is 3.75. The Hall–Kier alpha value is -0.350. The van der Waals surface area contributed by atoms with Crippen molar-refractivity contribution in [1.82, 2.24) is 9.36 Å². The van der Waals surface area contributed by atoms with E-state index in [2.05, 4.69) is 21.6 Å². The normalized spacial score (nSPS) is 18.8. The Labute approximate surface area is 119 Å². The first-order valence-electron chi connectivity index (χ1n) is 6.90.